The highest BCUT2D eigenvalue weighted by atomic mass is 16.5. The molecule has 12 heteroatoms. The maximum Gasteiger partial charge on any atom is 0.329 e. The number of nitrogens with two attached hydrogens (primary N) is 1. The Kier molecular flexibility index (Phi) is 11.9. The number of nitrogens with one attached hydrogen (secondary N) is 3. The summed E-state index contributed by atoms with van der Waals surface area (Å²) in [6.45, 7) is 13.6. The van der Waals surface area contributed by atoms with E-state index in [1.165, 1.54) is 0 Å². The van der Waals surface area contributed by atoms with Crippen LogP contribution in [0.15, 0.2) is 24.3 Å². The van der Waals surface area contributed by atoms with Gasteiger partial charge in [-0.1, -0.05) is 85.6 Å². The van der Waals surface area contributed by atoms with E-state index in [0.717, 1.165) is 24.0 Å². The summed E-state index contributed by atoms with van der Waals surface area (Å²) in [5.74, 6) is -2.54. The number of aliphatic hydroxyl groups is 1. The monoisotopic (exact) mass is 669 g/mol. The van der Waals surface area contributed by atoms with Crippen molar-refractivity contribution in [2.75, 3.05) is 6.54 Å². The van der Waals surface area contributed by atoms with Gasteiger partial charge in [0, 0.05) is 19.4 Å². The van der Waals surface area contributed by atoms with Crippen molar-refractivity contribution in [1.82, 2.24) is 20.9 Å². The van der Waals surface area contributed by atoms with Crippen molar-refractivity contribution in [3.05, 3.63) is 35.4 Å². The molecule has 266 valence electrons. The maximum absolute atomic E-state index is 14.3. The van der Waals surface area contributed by atoms with E-state index in [2.05, 4.69) is 16.0 Å². The van der Waals surface area contributed by atoms with Crippen molar-refractivity contribution in [3.63, 3.8) is 0 Å². The molecule has 3 aliphatic rings. The summed E-state index contributed by atoms with van der Waals surface area (Å²) in [7, 11) is 0. The second-order valence-electron chi connectivity index (χ2n) is 15.7. The lowest BCUT2D eigenvalue weighted by Crippen LogP contribution is -2.62. The molecule has 0 spiro atoms. The summed E-state index contributed by atoms with van der Waals surface area (Å²) in [5, 5.41) is 19.9. The molecule has 2 aliphatic carbocycles. The number of aliphatic hydroxyl groups excluding tert-OH is 1. The van der Waals surface area contributed by atoms with Crippen molar-refractivity contribution in [1.29, 1.82) is 0 Å². The lowest BCUT2D eigenvalue weighted by molar-refractivity contribution is -0.152. The number of likely N-dealkylation sites (tertiary alicyclic amines) is 1. The molecule has 0 aromatic heterocycles. The van der Waals surface area contributed by atoms with E-state index in [1.807, 2.05) is 72.7 Å². The molecule has 6 N–H and O–H groups in total. The lowest BCUT2D eigenvalue weighted by Gasteiger charge is -2.38. The van der Waals surface area contributed by atoms with E-state index < -0.39 is 59.5 Å². The Morgan fingerprint density at radius 2 is 1.60 bits per heavy atom. The Labute approximate surface area is 284 Å². The first-order chi connectivity index (χ1) is 22.5. The summed E-state index contributed by atoms with van der Waals surface area (Å²) < 4.78 is 5.84. The number of hydrogen-bond donors (Lipinski definition) is 5. The average Bonchev–Trinajstić information content (AvgIpc) is 3.54. The van der Waals surface area contributed by atoms with Crippen LogP contribution in [0.1, 0.15) is 85.3 Å². The van der Waals surface area contributed by atoms with Crippen LogP contribution in [0, 0.1) is 29.1 Å². The second-order valence-corrected chi connectivity index (χ2v) is 15.7. The van der Waals surface area contributed by atoms with Crippen LogP contribution in [0.5, 0.6) is 0 Å². The second kappa shape index (κ2) is 15.4. The van der Waals surface area contributed by atoms with Gasteiger partial charge in [-0.25, -0.2) is 9.59 Å². The quantitative estimate of drug-likeness (QED) is 0.114. The van der Waals surface area contributed by atoms with E-state index in [-0.39, 0.29) is 35.7 Å². The minimum absolute atomic E-state index is 0.0559. The fourth-order valence-electron chi connectivity index (χ4n) is 6.83. The van der Waals surface area contributed by atoms with Gasteiger partial charge in [0.25, 0.3) is 5.91 Å². The molecule has 48 heavy (non-hydrogen) atoms. The van der Waals surface area contributed by atoms with Crippen molar-refractivity contribution in [2.24, 2.45) is 34.8 Å². The lowest BCUT2D eigenvalue weighted by atomic mass is 9.85. The number of carbonyl (C=O) groups excluding carboxylic acids is 5. The van der Waals surface area contributed by atoms with E-state index in [1.54, 1.807) is 4.90 Å². The van der Waals surface area contributed by atoms with Crippen molar-refractivity contribution in [3.8, 4) is 0 Å². The Morgan fingerprint density at radius 1 is 1.00 bits per heavy atom. The number of carbonyl (C=O) groups is 5. The average molecular weight is 670 g/mol. The van der Waals surface area contributed by atoms with Crippen LogP contribution >= 0.6 is 0 Å². The fourth-order valence-corrected chi connectivity index (χ4v) is 6.83. The molecule has 12 nitrogen and oxygen atoms in total. The van der Waals surface area contributed by atoms with Gasteiger partial charge in [-0.05, 0) is 53.1 Å². The number of amides is 4. The number of hydrogen-bond acceptors (Lipinski definition) is 8. The first-order valence-electron chi connectivity index (χ1n) is 17.4. The normalized spacial score (nSPS) is 22.2. The zero-order valence-electron chi connectivity index (χ0n) is 29.5. The summed E-state index contributed by atoms with van der Waals surface area (Å²) in [6.07, 6.45) is 2.35. The van der Waals surface area contributed by atoms with Gasteiger partial charge in [-0.3, -0.25) is 19.7 Å². The van der Waals surface area contributed by atoms with Crippen LogP contribution in [0.3, 0.4) is 0 Å². The summed E-state index contributed by atoms with van der Waals surface area (Å²) in [5.41, 5.74) is 6.86. The Balaban J connectivity index is 1.46. The van der Waals surface area contributed by atoms with E-state index in [4.69, 9.17) is 10.5 Å². The number of rotatable bonds is 14. The third kappa shape index (κ3) is 9.34. The minimum atomic E-state index is -1.30. The Hall–Kier alpha value is -3.51. The first kappa shape index (κ1) is 37.3. The third-order valence-electron chi connectivity index (χ3n) is 10.1. The molecule has 0 radical (unpaired) electrons. The highest BCUT2D eigenvalue weighted by Crippen LogP contribution is 2.36. The SMILES string of the molecule is CC(C)[C@@H]1C[C@@H](C(O)NC(CC2CC2)C(=O)C(N)=O)N(C(=O)[C@@H](NC(=O)N[C@H](C(=O)OC2Cc3ccccc3C2)C(C)C)C(C)(C)C)C1. The number of nitrogens with zero attached hydrogens (tertiary/aromatic N) is 1. The van der Waals surface area contributed by atoms with Gasteiger partial charge in [0.1, 0.15) is 24.4 Å². The summed E-state index contributed by atoms with van der Waals surface area (Å²) >= 11 is 0. The molecular formula is C36H55N5O7. The molecule has 0 bridgehead atoms. The van der Waals surface area contributed by atoms with Crippen LogP contribution in [-0.4, -0.2) is 82.6 Å². The fraction of sp³-hybridized carbons (Fsp3) is 0.694. The topological polar surface area (TPSA) is 180 Å². The van der Waals surface area contributed by atoms with E-state index >= 15 is 0 Å². The predicted octanol–water partition coefficient (Wildman–Crippen LogP) is 2.44. The third-order valence-corrected chi connectivity index (χ3v) is 10.1. The van der Waals surface area contributed by atoms with Crippen molar-refractivity contribution in [2.45, 2.75) is 123 Å². The number of ether oxygens (including phenoxy) is 1. The van der Waals surface area contributed by atoms with Gasteiger partial charge in [-0.2, -0.15) is 0 Å². The molecular weight excluding hydrogens is 614 g/mol. The van der Waals surface area contributed by atoms with Gasteiger partial charge < -0.3 is 31.1 Å². The minimum Gasteiger partial charge on any atom is -0.460 e. The highest BCUT2D eigenvalue weighted by molar-refractivity contribution is 6.37. The zero-order chi connectivity index (χ0) is 35.5. The highest BCUT2D eigenvalue weighted by Gasteiger charge is 2.46. The van der Waals surface area contributed by atoms with E-state index in [9.17, 15) is 29.1 Å². The molecule has 1 aromatic rings. The van der Waals surface area contributed by atoms with Crippen molar-refractivity contribution >= 4 is 29.6 Å². The molecule has 1 saturated carbocycles. The Morgan fingerprint density at radius 3 is 2.10 bits per heavy atom. The van der Waals surface area contributed by atoms with Crippen molar-refractivity contribution < 1.29 is 33.8 Å². The molecule has 2 fully saturated rings. The number of benzene rings is 1. The molecule has 4 amide bonds. The number of primary amides is 1. The molecule has 4 rings (SSSR count). The summed E-state index contributed by atoms with van der Waals surface area (Å²) in [6, 6.07) is 3.67. The predicted molar refractivity (Wildman–Crippen MR) is 180 cm³/mol. The number of fused-ring (bicyclic) bond motifs is 1. The number of Topliss-reactive ketones (excluding diaryl/α,β-unsaturated/α-hetero) is 1. The number of esters is 1. The largest absolute Gasteiger partial charge is 0.460 e. The van der Waals surface area contributed by atoms with Gasteiger partial charge in [0.15, 0.2) is 0 Å². The molecule has 1 aromatic carbocycles. The summed E-state index contributed by atoms with van der Waals surface area (Å²) in [4.78, 5) is 67.1. The van der Waals surface area contributed by atoms with Crippen LogP contribution in [-0.2, 0) is 36.8 Å². The molecule has 1 saturated heterocycles. The van der Waals surface area contributed by atoms with Crippen LogP contribution in [0.2, 0.25) is 0 Å². The smallest absolute Gasteiger partial charge is 0.329 e. The molecule has 2 unspecified atom stereocenters. The zero-order valence-corrected chi connectivity index (χ0v) is 29.5. The maximum atomic E-state index is 14.3. The number of urea groups is 1. The van der Waals surface area contributed by atoms with E-state index in [0.29, 0.717) is 32.2 Å². The van der Waals surface area contributed by atoms with Gasteiger partial charge in [-0.15, -0.1) is 0 Å². The molecule has 1 aliphatic heterocycles. The molecule has 1 heterocycles. The van der Waals surface area contributed by atoms with Crippen LogP contribution < -0.4 is 21.7 Å². The van der Waals surface area contributed by atoms with Crippen LogP contribution in [0.4, 0.5) is 4.79 Å². The standard InChI is InChI=1S/C36H55N5O7/c1-19(2)24-17-27(32(44)38-26(14-21-12-13-21)29(42)31(37)43)41(18-24)33(45)30(36(5,6)7)40-35(47)39-28(20(3)4)34(46)48-25-15-22-10-8-9-11-23(22)16-25/h8-11,19-21,24-28,30,32,38,44H,12-18H2,1-7H3,(H2,37,43)(H2,39,40,47)/t24-,26?,27+,28+,30-,32?/m1/s1. The number of ketones is 1. The van der Waals surface area contributed by atoms with Gasteiger partial charge >= 0.3 is 12.0 Å². The van der Waals surface area contributed by atoms with Crippen LogP contribution in [0.25, 0.3) is 0 Å². The van der Waals surface area contributed by atoms with Gasteiger partial charge in [0.05, 0.1) is 12.1 Å². The molecule has 6 atom stereocenters. The van der Waals surface area contributed by atoms with Gasteiger partial charge in [0.2, 0.25) is 11.7 Å². The first-order valence-corrected chi connectivity index (χ1v) is 17.4. The Bertz CT molecular complexity index is 1330.